The third kappa shape index (κ3) is 3.50. The second-order valence-corrected chi connectivity index (χ2v) is 4.72. The monoisotopic (exact) mass is 219 g/mol. The van der Waals surface area contributed by atoms with Gasteiger partial charge in [0, 0.05) is 11.0 Å². The summed E-state index contributed by atoms with van der Waals surface area (Å²) in [6.07, 6.45) is 0. The summed E-state index contributed by atoms with van der Waals surface area (Å²) in [5.74, 6) is -0.185. The Kier molecular flexibility index (Phi) is 3.82. The molecule has 0 atom stereocenters. The summed E-state index contributed by atoms with van der Waals surface area (Å²) in [5.41, 5.74) is 0.161. The molecule has 1 rings (SSSR count). The van der Waals surface area contributed by atoms with Crippen LogP contribution in [0.2, 0.25) is 0 Å². The van der Waals surface area contributed by atoms with Crippen LogP contribution < -0.4 is 5.32 Å². The first-order valence-corrected chi connectivity index (χ1v) is 5.28. The topological polar surface area (TPSA) is 46.2 Å². The van der Waals surface area contributed by atoms with Crippen molar-refractivity contribution in [2.24, 2.45) is 5.41 Å². The van der Waals surface area contributed by atoms with Gasteiger partial charge in [-0.25, -0.2) is 0 Å². The van der Waals surface area contributed by atoms with Crippen LogP contribution in [-0.2, 0) is 4.79 Å². The number of benzene rings is 1. The molecule has 0 saturated carbocycles. The van der Waals surface area contributed by atoms with E-state index >= 15 is 0 Å². The van der Waals surface area contributed by atoms with Crippen molar-refractivity contribution in [1.82, 2.24) is 5.32 Å². The first-order chi connectivity index (χ1) is 7.41. The third-order valence-electron chi connectivity index (χ3n) is 2.19. The van der Waals surface area contributed by atoms with Gasteiger partial charge in [-0.05, 0) is 0 Å². The standard InChI is InChI=1S/C13H17NO2/c1-13(2,3)12(16)14-9-11(15)10-7-5-4-6-8-10/h4-8H,9H2,1-3H3,(H,14,16). The third-order valence-corrected chi connectivity index (χ3v) is 2.19. The van der Waals surface area contributed by atoms with Gasteiger partial charge >= 0.3 is 0 Å². The molecule has 1 aromatic carbocycles. The largest absolute Gasteiger partial charge is 0.348 e. The molecule has 1 amide bonds. The number of amides is 1. The number of rotatable bonds is 3. The predicted octanol–water partition coefficient (Wildman–Crippen LogP) is 2.03. The Morgan fingerprint density at radius 2 is 1.69 bits per heavy atom. The molecule has 3 nitrogen and oxygen atoms in total. The summed E-state index contributed by atoms with van der Waals surface area (Å²) in [6.45, 7) is 5.50. The van der Waals surface area contributed by atoms with E-state index in [4.69, 9.17) is 0 Å². The van der Waals surface area contributed by atoms with E-state index < -0.39 is 5.41 Å². The summed E-state index contributed by atoms with van der Waals surface area (Å²) in [6, 6.07) is 8.94. The predicted molar refractivity (Wildman–Crippen MR) is 63.2 cm³/mol. The number of carbonyl (C=O) groups excluding carboxylic acids is 2. The highest BCUT2D eigenvalue weighted by Crippen LogP contribution is 2.12. The molecule has 1 aromatic rings. The molecule has 0 spiro atoms. The van der Waals surface area contributed by atoms with Gasteiger partial charge in [0.25, 0.3) is 0 Å². The van der Waals surface area contributed by atoms with Crippen molar-refractivity contribution in [3.05, 3.63) is 35.9 Å². The minimum Gasteiger partial charge on any atom is -0.348 e. The molecule has 1 N–H and O–H groups in total. The fourth-order valence-corrected chi connectivity index (χ4v) is 1.15. The van der Waals surface area contributed by atoms with Gasteiger partial charge in [-0.1, -0.05) is 51.1 Å². The van der Waals surface area contributed by atoms with Crippen LogP contribution in [0.4, 0.5) is 0 Å². The molecule has 0 bridgehead atoms. The van der Waals surface area contributed by atoms with E-state index in [0.717, 1.165) is 0 Å². The van der Waals surface area contributed by atoms with E-state index in [-0.39, 0.29) is 18.2 Å². The fourth-order valence-electron chi connectivity index (χ4n) is 1.15. The van der Waals surface area contributed by atoms with Crippen LogP contribution in [-0.4, -0.2) is 18.2 Å². The van der Waals surface area contributed by atoms with Crippen molar-refractivity contribution in [3.63, 3.8) is 0 Å². The molecule has 0 aliphatic heterocycles. The summed E-state index contributed by atoms with van der Waals surface area (Å²) in [5, 5.41) is 2.63. The van der Waals surface area contributed by atoms with Gasteiger partial charge in [0.2, 0.25) is 5.91 Å². The molecular weight excluding hydrogens is 202 g/mol. The maximum absolute atomic E-state index is 11.7. The quantitative estimate of drug-likeness (QED) is 0.791. The molecule has 0 radical (unpaired) electrons. The Balaban J connectivity index is 2.52. The Morgan fingerprint density at radius 3 is 2.19 bits per heavy atom. The Labute approximate surface area is 95.9 Å². The van der Waals surface area contributed by atoms with Gasteiger partial charge < -0.3 is 5.32 Å². The van der Waals surface area contributed by atoms with E-state index in [0.29, 0.717) is 5.56 Å². The zero-order valence-corrected chi connectivity index (χ0v) is 9.91. The second-order valence-electron chi connectivity index (χ2n) is 4.72. The van der Waals surface area contributed by atoms with Gasteiger partial charge in [0.05, 0.1) is 6.54 Å². The van der Waals surface area contributed by atoms with Crippen LogP contribution in [0.25, 0.3) is 0 Å². The van der Waals surface area contributed by atoms with Crippen LogP contribution in [0.5, 0.6) is 0 Å². The lowest BCUT2D eigenvalue weighted by atomic mass is 9.95. The molecule has 16 heavy (non-hydrogen) atoms. The molecule has 0 aromatic heterocycles. The van der Waals surface area contributed by atoms with E-state index in [2.05, 4.69) is 5.32 Å². The van der Waals surface area contributed by atoms with Crippen LogP contribution >= 0.6 is 0 Å². The van der Waals surface area contributed by atoms with E-state index in [1.54, 1.807) is 24.3 Å². The molecular formula is C13H17NO2. The number of hydrogen-bond donors (Lipinski definition) is 1. The normalized spacial score (nSPS) is 10.9. The molecule has 0 aliphatic rings. The van der Waals surface area contributed by atoms with Gasteiger partial charge in [0.1, 0.15) is 0 Å². The number of ketones is 1. The lowest BCUT2D eigenvalue weighted by molar-refractivity contribution is -0.128. The van der Waals surface area contributed by atoms with E-state index in [9.17, 15) is 9.59 Å². The zero-order chi connectivity index (χ0) is 12.2. The minimum atomic E-state index is -0.461. The Bertz CT molecular complexity index is 377. The van der Waals surface area contributed by atoms with E-state index in [1.807, 2.05) is 26.8 Å². The van der Waals surface area contributed by atoms with E-state index in [1.165, 1.54) is 0 Å². The summed E-state index contributed by atoms with van der Waals surface area (Å²) in [7, 11) is 0. The van der Waals surface area contributed by atoms with Crippen molar-refractivity contribution in [2.45, 2.75) is 20.8 Å². The van der Waals surface area contributed by atoms with Crippen molar-refractivity contribution >= 4 is 11.7 Å². The Morgan fingerprint density at radius 1 is 1.12 bits per heavy atom. The molecule has 0 unspecified atom stereocenters. The second kappa shape index (κ2) is 4.92. The van der Waals surface area contributed by atoms with Crippen LogP contribution in [0, 0.1) is 5.41 Å². The highest BCUT2D eigenvalue weighted by atomic mass is 16.2. The minimum absolute atomic E-state index is 0.0557. The van der Waals surface area contributed by atoms with Gasteiger partial charge in [-0.2, -0.15) is 0 Å². The van der Waals surface area contributed by atoms with Crippen LogP contribution in [0.3, 0.4) is 0 Å². The number of Topliss-reactive ketones (excluding diaryl/α,β-unsaturated/α-hetero) is 1. The fraction of sp³-hybridized carbons (Fsp3) is 0.385. The SMILES string of the molecule is CC(C)(C)C(=O)NCC(=O)c1ccccc1. The average Bonchev–Trinajstić information content (AvgIpc) is 2.25. The van der Waals surface area contributed by atoms with Crippen LogP contribution in [0.1, 0.15) is 31.1 Å². The molecule has 86 valence electrons. The first-order valence-electron chi connectivity index (χ1n) is 5.28. The first kappa shape index (κ1) is 12.4. The lowest BCUT2D eigenvalue weighted by Gasteiger charge is -2.17. The van der Waals surface area contributed by atoms with Gasteiger partial charge in [0.15, 0.2) is 5.78 Å². The maximum atomic E-state index is 11.7. The van der Waals surface area contributed by atoms with Crippen molar-refractivity contribution in [3.8, 4) is 0 Å². The van der Waals surface area contributed by atoms with Crippen molar-refractivity contribution < 1.29 is 9.59 Å². The summed E-state index contributed by atoms with van der Waals surface area (Å²) in [4.78, 5) is 23.2. The van der Waals surface area contributed by atoms with Crippen LogP contribution in [0.15, 0.2) is 30.3 Å². The summed E-state index contributed by atoms with van der Waals surface area (Å²) < 4.78 is 0. The maximum Gasteiger partial charge on any atom is 0.225 e. The number of nitrogens with one attached hydrogen (secondary N) is 1. The number of hydrogen-bond acceptors (Lipinski definition) is 2. The van der Waals surface area contributed by atoms with Gasteiger partial charge in [-0.3, -0.25) is 9.59 Å². The smallest absolute Gasteiger partial charge is 0.225 e. The highest BCUT2D eigenvalue weighted by Gasteiger charge is 2.21. The molecule has 0 heterocycles. The molecule has 0 aliphatic carbocycles. The van der Waals surface area contributed by atoms with Crippen molar-refractivity contribution in [2.75, 3.05) is 6.54 Å². The highest BCUT2D eigenvalue weighted by molar-refractivity contribution is 5.99. The number of carbonyl (C=O) groups is 2. The summed E-state index contributed by atoms with van der Waals surface area (Å²) >= 11 is 0. The van der Waals surface area contributed by atoms with Gasteiger partial charge in [-0.15, -0.1) is 0 Å². The average molecular weight is 219 g/mol. The molecule has 0 fully saturated rings. The lowest BCUT2D eigenvalue weighted by Crippen LogP contribution is -2.37. The zero-order valence-electron chi connectivity index (χ0n) is 9.91. The van der Waals surface area contributed by atoms with Crippen molar-refractivity contribution in [1.29, 1.82) is 0 Å². The molecule has 3 heteroatoms. The molecule has 0 saturated heterocycles. The Hall–Kier alpha value is -1.64.